The molecule has 65 heavy (non-hydrogen) atoms. The van der Waals surface area contributed by atoms with Gasteiger partial charge in [0.2, 0.25) is 0 Å². The van der Waals surface area contributed by atoms with E-state index in [9.17, 15) is 0 Å². The lowest BCUT2D eigenvalue weighted by atomic mass is 9.69. The molecule has 11 aromatic rings. The molecular weight excluding hydrogens is 785 g/mol. The minimum Gasteiger partial charge on any atom is -0.456 e. The fraction of sp³-hybridized carbons (Fsp3) is 0.0625. The zero-order valence-electron chi connectivity index (χ0n) is 35.8. The van der Waals surface area contributed by atoms with Crippen LogP contribution in [0.1, 0.15) is 56.0 Å². The maximum absolute atomic E-state index is 6.22. The van der Waals surface area contributed by atoms with Gasteiger partial charge in [0.05, 0.1) is 5.41 Å². The van der Waals surface area contributed by atoms with Crippen molar-refractivity contribution < 1.29 is 4.42 Å². The van der Waals surface area contributed by atoms with E-state index in [2.05, 4.69) is 218 Å². The summed E-state index contributed by atoms with van der Waals surface area (Å²) in [5.74, 6) is 0.194. The highest BCUT2D eigenvalue weighted by Gasteiger charge is 2.53. The van der Waals surface area contributed by atoms with Gasteiger partial charge in [-0.1, -0.05) is 212 Å². The third-order valence-corrected chi connectivity index (χ3v) is 14.9. The first-order valence-electron chi connectivity index (χ1n) is 23.0. The second kappa shape index (κ2) is 14.0. The molecule has 0 radical (unpaired) electrons. The minimum atomic E-state index is -0.424. The van der Waals surface area contributed by atoms with Crippen molar-refractivity contribution in [1.82, 2.24) is 0 Å². The van der Waals surface area contributed by atoms with Crippen LogP contribution in [0.25, 0.3) is 77.6 Å². The van der Waals surface area contributed by atoms with Gasteiger partial charge in [-0.15, -0.1) is 0 Å². The number of fused-ring (bicyclic) bond motifs is 16. The summed E-state index contributed by atoms with van der Waals surface area (Å²) in [5.41, 5.74) is 26.9. The van der Waals surface area contributed by atoms with Gasteiger partial charge >= 0.3 is 0 Å². The topological polar surface area (TPSA) is 13.1 Å². The molecule has 14 rings (SSSR count). The van der Waals surface area contributed by atoms with Gasteiger partial charge < -0.3 is 4.42 Å². The van der Waals surface area contributed by atoms with Gasteiger partial charge in [0.25, 0.3) is 0 Å². The normalized spacial score (nSPS) is 16.2. The Labute approximate surface area is 378 Å². The average Bonchev–Trinajstić information content (AvgIpc) is 4.01. The van der Waals surface area contributed by atoms with E-state index in [0.717, 1.165) is 29.4 Å². The maximum atomic E-state index is 6.22. The number of hydrogen-bond acceptors (Lipinski definition) is 1. The molecular formula is C64H42O. The van der Waals surface area contributed by atoms with E-state index < -0.39 is 5.41 Å². The molecule has 2 unspecified atom stereocenters. The summed E-state index contributed by atoms with van der Waals surface area (Å²) in [6.45, 7) is 0. The Morgan fingerprint density at radius 3 is 1.78 bits per heavy atom. The van der Waals surface area contributed by atoms with Gasteiger partial charge in [-0.25, -0.2) is 0 Å². The highest BCUT2D eigenvalue weighted by molar-refractivity contribution is 6.12. The van der Waals surface area contributed by atoms with Crippen molar-refractivity contribution in [1.29, 1.82) is 0 Å². The molecule has 1 heterocycles. The number of hydrogen-bond donors (Lipinski definition) is 0. The Morgan fingerprint density at radius 1 is 0.385 bits per heavy atom. The summed E-state index contributed by atoms with van der Waals surface area (Å²) in [5, 5.41) is 2.34. The fourth-order valence-electron chi connectivity index (χ4n) is 12.3. The van der Waals surface area contributed by atoms with Crippen LogP contribution in [0.5, 0.6) is 0 Å². The highest BCUT2D eigenvalue weighted by Crippen LogP contribution is 2.65. The average molecular weight is 827 g/mol. The number of para-hydroxylation sites is 1. The molecule has 0 fully saturated rings. The number of rotatable bonds is 5. The molecule has 1 aromatic heterocycles. The van der Waals surface area contributed by atoms with Crippen LogP contribution >= 0.6 is 0 Å². The second-order valence-corrected chi connectivity index (χ2v) is 18.2. The molecule has 304 valence electrons. The predicted octanol–water partition coefficient (Wildman–Crippen LogP) is 16.2. The van der Waals surface area contributed by atoms with Gasteiger partial charge in [0.15, 0.2) is 0 Å². The van der Waals surface area contributed by atoms with Gasteiger partial charge in [-0.3, -0.25) is 0 Å². The first kappa shape index (κ1) is 36.5. The largest absolute Gasteiger partial charge is 0.456 e. The van der Waals surface area contributed by atoms with E-state index in [1.807, 2.05) is 6.07 Å². The summed E-state index contributed by atoms with van der Waals surface area (Å²) in [7, 11) is 0. The van der Waals surface area contributed by atoms with Crippen molar-refractivity contribution >= 4 is 21.9 Å². The monoisotopic (exact) mass is 826 g/mol. The minimum absolute atomic E-state index is 0.194. The number of furan rings is 1. The summed E-state index contributed by atoms with van der Waals surface area (Å²) in [6, 6.07) is 83.9. The molecule has 10 aromatic carbocycles. The van der Waals surface area contributed by atoms with Crippen molar-refractivity contribution in [3.63, 3.8) is 0 Å². The van der Waals surface area contributed by atoms with Gasteiger partial charge in [-0.05, 0) is 131 Å². The zero-order chi connectivity index (χ0) is 42.6. The predicted molar refractivity (Wildman–Crippen MR) is 268 cm³/mol. The molecule has 0 aliphatic heterocycles. The first-order valence-corrected chi connectivity index (χ1v) is 23.0. The van der Waals surface area contributed by atoms with Crippen molar-refractivity contribution in [3.05, 3.63) is 275 Å². The van der Waals surface area contributed by atoms with Crippen LogP contribution in [0.2, 0.25) is 0 Å². The van der Waals surface area contributed by atoms with Crippen LogP contribution in [-0.2, 0) is 18.3 Å². The van der Waals surface area contributed by atoms with Crippen LogP contribution < -0.4 is 0 Å². The van der Waals surface area contributed by atoms with Crippen LogP contribution in [0.15, 0.2) is 229 Å². The van der Waals surface area contributed by atoms with Crippen molar-refractivity contribution in [2.24, 2.45) is 0 Å². The molecule has 0 N–H and O–H groups in total. The van der Waals surface area contributed by atoms with E-state index >= 15 is 0 Å². The third kappa shape index (κ3) is 5.21. The van der Waals surface area contributed by atoms with E-state index in [0.29, 0.717) is 0 Å². The Kier molecular flexibility index (Phi) is 7.86. The standard InChI is InChI=1S/C64H42O/c1-2-15-42(16-3-1)46-22-12-27-57-61(46)51-19-6-9-25-55(51)64(57)56-26-10-7-20-52(56)62-50(24-13-28-58(62)64)54-39-44-38-41(33-36-45(44)48-17-4-5-18-49(48)54)37-40-31-34-43(35-32-40)47-23-14-30-60-63(47)53-21-8-11-29-59(53)65-60/h1-36,38,54H,37,39H2. The molecule has 3 aliphatic rings. The van der Waals surface area contributed by atoms with E-state index in [1.165, 1.54) is 111 Å². The molecule has 2 atom stereocenters. The fourth-order valence-corrected chi connectivity index (χ4v) is 12.3. The molecule has 0 saturated carbocycles. The molecule has 0 saturated heterocycles. The Bertz CT molecular complexity index is 3720. The Hall–Kier alpha value is -8.00. The number of benzene rings is 10. The van der Waals surface area contributed by atoms with Gasteiger partial charge in [0, 0.05) is 16.7 Å². The lowest BCUT2D eigenvalue weighted by Gasteiger charge is -2.32. The van der Waals surface area contributed by atoms with Crippen molar-refractivity contribution in [3.8, 4) is 55.6 Å². The second-order valence-electron chi connectivity index (χ2n) is 18.2. The van der Waals surface area contributed by atoms with Crippen LogP contribution in [-0.4, -0.2) is 0 Å². The summed E-state index contributed by atoms with van der Waals surface area (Å²) in [6.07, 6.45) is 1.82. The van der Waals surface area contributed by atoms with Crippen molar-refractivity contribution in [2.75, 3.05) is 0 Å². The molecule has 3 aliphatic carbocycles. The Morgan fingerprint density at radius 2 is 0.954 bits per heavy atom. The highest BCUT2D eigenvalue weighted by atomic mass is 16.3. The smallest absolute Gasteiger partial charge is 0.136 e. The van der Waals surface area contributed by atoms with E-state index in [1.54, 1.807) is 0 Å². The molecule has 1 heteroatoms. The van der Waals surface area contributed by atoms with Gasteiger partial charge in [-0.2, -0.15) is 0 Å². The summed E-state index contributed by atoms with van der Waals surface area (Å²) < 4.78 is 6.22. The SMILES string of the molecule is c1ccc(-c2cccc3c2-c2ccccc2C32c3ccccc3-c3c(C4Cc5cc(Cc6ccc(-c7cccc8oc9ccccc9c78)cc6)ccc5-c5ccccc54)cccc32)cc1. The Balaban J connectivity index is 0.871. The molecule has 0 amide bonds. The van der Waals surface area contributed by atoms with Crippen molar-refractivity contribution in [2.45, 2.75) is 24.2 Å². The van der Waals surface area contributed by atoms with Crippen LogP contribution in [0.4, 0.5) is 0 Å². The van der Waals surface area contributed by atoms with Crippen LogP contribution in [0, 0.1) is 0 Å². The summed E-state index contributed by atoms with van der Waals surface area (Å²) >= 11 is 0. The quantitative estimate of drug-likeness (QED) is 0.168. The van der Waals surface area contributed by atoms with E-state index in [4.69, 9.17) is 4.42 Å². The summed E-state index contributed by atoms with van der Waals surface area (Å²) in [4.78, 5) is 0. The van der Waals surface area contributed by atoms with Gasteiger partial charge in [0.1, 0.15) is 11.2 Å². The van der Waals surface area contributed by atoms with Crippen LogP contribution in [0.3, 0.4) is 0 Å². The zero-order valence-corrected chi connectivity index (χ0v) is 35.8. The lowest BCUT2D eigenvalue weighted by molar-refractivity contribution is 0.669. The molecule has 0 bridgehead atoms. The van der Waals surface area contributed by atoms with E-state index in [-0.39, 0.29) is 5.92 Å². The molecule has 1 nitrogen and oxygen atoms in total. The maximum Gasteiger partial charge on any atom is 0.136 e. The first-order chi connectivity index (χ1) is 32.2. The third-order valence-electron chi connectivity index (χ3n) is 14.9. The molecule has 1 spiro atoms. The lowest BCUT2D eigenvalue weighted by Crippen LogP contribution is -2.26.